The van der Waals surface area contributed by atoms with Gasteiger partial charge in [-0.1, -0.05) is 23.7 Å². The van der Waals surface area contributed by atoms with E-state index >= 15 is 4.39 Å². The van der Waals surface area contributed by atoms with E-state index in [4.69, 9.17) is 31.8 Å². The molecule has 0 amide bonds. The number of nitrogen functional groups attached to an aromatic ring is 1. The van der Waals surface area contributed by atoms with Crippen LogP contribution in [0.4, 0.5) is 29.3 Å². The number of nitrogens with zero attached hydrogens (tertiary/aromatic N) is 6. The van der Waals surface area contributed by atoms with Crippen molar-refractivity contribution in [2.45, 2.75) is 68.5 Å². The molecule has 4 saturated heterocycles. The molecule has 5 atom stereocenters. The molecule has 2 aromatic carbocycles. The van der Waals surface area contributed by atoms with Crippen molar-refractivity contribution in [3.8, 4) is 22.9 Å². The van der Waals surface area contributed by atoms with Gasteiger partial charge in [0, 0.05) is 42.7 Å². The lowest BCUT2D eigenvalue weighted by molar-refractivity contribution is 0.0770. The molecule has 7 heterocycles. The van der Waals surface area contributed by atoms with Crippen molar-refractivity contribution in [2.24, 2.45) is 0 Å². The Morgan fingerprint density at radius 3 is 2.89 bits per heavy atom. The van der Waals surface area contributed by atoms with Crippen LogP contribution in [0.1, 0.15) is 38.7 Å². The van der Waals surface area contributed by atoms with E-state index in [0.717, 1.165) is 32.2 Å². The molecule has 3 N–H and O–H groups in total. The van der Waals surface area contributed by atoms with Gasteiger partial charge in [-0.25, -0.2) is 13.8 Å². The van der Waals surface area contributed by atoms with Gasteiger partial charge in [0.15, 0.2) is 11.6 Å². The van der Waals surface area contributed by atoms with Crippen LogP contribution in [0.3, 0.4) is 0 Å². The maximum absolute atomic E-state index is 17.0. The van der Waals surface area contributed by atoms with Crippen LogP contribution in [0.5, 0.6) is 11.8 Å². The number of anilines is 2. The molecule has 15 heteroatoms. The van der Waals surface area contributed by atoms with E-state index < -0.39 is 30.0 Å². The van der Waals surface area contributed by atoms with Gasteiger partial charge >= 0.3 is 12.6 Å². The molecule has 0 radical (unpaired) electrons. The summed E-state index contributed by atoms with van der Waals surface area (Å²) in [6.07, 6.45) is 3.12. The van der Waals surface area contributed by atoms with E-state index in [1.165, 1.54) is 12.1 Å². The maximum Gasteiger partial charge on any atom is 0.321 e. The second kappa shape index (κ2) is 10.2. The van der Waals surface area contributed by atoms with Crippen LogP contribution in [-0.2, 0) is 0 Å². The molecule has 5 aliphatic rings. The van der Waals surface area contributed by atoms with Crippen LogP contribution in [0.25, 0.3) is 33.1 Å². The first-order chi connectivity index (χ1) is 22.2. The molecule has 4 aromatic rings. The predicted molar refractivity (Wildman–Crippen MR) is 164 cm³/mol. The third-order valence-corrected chi connectivity index (χ3v) is 11.0. The van der Waals surface area contributed by atoms with Crippen molar-refractivity contribution in [1.29, 1.82) is 0 Å². The topological polar surface area (TPSA) is 107 Å². The average molecular weight is 659 g/mol. The summed E-state index contributed by atoms with van der Waals surface area (Å²) in [4.78, 5) is 17.9. The van der Waals surface area contributed by atoms with Gasteiger partial charge in [-0.3, -0.25) is 9.47 Å². The van der Waals surface area contributed by atoms with Crippen LogP contribution < -0.4 is 25.4 Å². The fourth-order valence-electron chi connectivity index (χ4n) is 8.57. The molecular weight excluding hydrogens is 628 g/mol. The summed E-state index contributed by atoms with van der Waals surface area (Å²) >= 11 is 7.01. The molecule has 3 unspecified atom stereocenters. The van der Waals surface area contributed by atoms with Crippen LogP contribution in [0.2, 0.25) is 5.02 Å². The number of halogens is 5. The molecule has 0 spiro atoms. The highest BCUT2D eigenvalue weighted by Crippen LogP contribution is 2.50. The molecular formula is C31H31ClF4N8O2. The zero-order valence-electron chi connectivity index (χ0n) is 24.7. The first kappa shape index (κ1) is 28.6. The summed E-state index contributed by atoms with van der Waals surface area (Å²) < 4.78 is 72.6. The van der Waals surface area contributed by atoms with Crippen molar-refractivity contribution in [3.05, 3.63) is 29.0 Å². The number of fused-ring (bicyclic) bond motifs is 7. The standard InChI is InChI=1S/C31H31ClF4N8O2/c32-22-20(16-3-1-4-18-24(16)39-29(37)44(18)28(35)36)23(34)25-21-26(22)45-12-19-17-6-5-15(38-17)11-43(19)27(21)41-30(40-25)46-13-31-7-2-8-42(31)10-14(33)9-31/h1,3-4,14-15,17,19,28,38H,2,5-13H2,(H2,37,39)/t14-,15?,17?,19?,31+/m1/s1. The highest BCUT2D eigenvalue weighted by Gasteiger charge is 2.50. The van der Waals surface area contributed by atoms with E-state index in [0.29, 0.717) is 35.3 Å². The van der Waals surface area contributed by atoms with Crippen molar-refractivity contribution in [1.82, 2.24) is 29.7 Å². The van der Waals surface area contributed by atoms with E-state index in [9.17, 15) is 13.2 Å². The Bertz CT molecular complexity index is 1910. The number of alkyl halides is 3. The molecule has 2 aromatic heterocycles. The number of hydrogen-bond donors (Lipinski definition) is 2. The minimum Gasteiger partial charge on any atom is -0.489 e. The number of nitrogens with one attached hydrogen (secondary N) is 1. The Balaban J connectivity index is 1.24. The van der Waals surface area contributed by atoms with Crippen molar-refractivity contribution in [3.63, 3.8) is 0 Å². The average Bonchev–Trinajstić information content (AvgIpc) is 3.74. The smallest absolute Gasteiger partial charge is 0.321 e. The number of benzene rings is 2. The van der Waals surface area contributed by atoms with E-state index in [1.54, 1.807) is 6.07 Å². The maximum atomic E-state index is 17.0. The second-order valence-electron chi connectivity index (χ2n) is 13.1. The van der Waals surface area contributed by atoms with Gasteiger partial charge in [0.1, 0.15) is 30.7 Å². The predicted octanol–water partition coefficient (Wildman–Crippen LogP) is 5.07. The Hall–Kier alpha value is -3.62. The zero-order valence-corrected chi connectivity index (χ0v) is 25.4. The Morgan fingerprint density at radius 1 is 1.17 bits per heavy atom. The lowest BCUT2D eigenvalue weighted by atomic mass is 9.95. The highest BCUT2D eigenvalue weighted by atomic mass is 35.5. The van der Waals surface area contributed by atoms with Crippen LogP contribution in [0.15, 0.2) is 18.2 Å². The van der Waals surface area contributed by atoms with Gasteiger partial charge < -0.3 is 25.4 Å². The third-order valence-electron chi connectivity index (χ3n) is 10.6. The normalized spacial score (nSPS) is 28.6. The summed E-state index contributed by atoms with van der Waals surface area (Å²) in [6, 6.07) is 4.73. The van der Waals surface area contributed by atoms with Crippen molar-refractivity contribution in [2.75, 3.05) is 43.5 Å². The Labute approximate surface area is 265 Å². The summed E-state index contributed by atoms with van der Waals surface area (Å²) in [5.74, 6) is -0.537. The minimum atomic E-state index is -2.95. The summed E-state index contributed by atoms with van der Waals surface area (Å²) in [5.41, 5.74) is 5.49. The third kappa shape index (κ3) is 4.05. The molecule has 242 valence electrons. The lowest BCUT2D eigenvalue weighted by Crippen LogP contribution is -2.60. The van der Waals surface area contributed by atoms with Crippen LogP contribution >= 0.6 is 11.6 Å². The fourth-order valence-corrected chi connectivity index (χ4v) is 8.91. The Kier molecular flexibility index (Phi) is 6.33. The largest absolute Gasteiger partial charge is 0.489 e. The van der Waals surface area contributed by atoms with Gasteiger partial charge in [0.05, 0.1) is 33.0 Å². The van der Waals surface area contributed by atoms with E-state index in [1.807, 2.05) is 0 Å². The van der Waals surface area contributed by atoms with Gasteiger partial charge in [0.25, 0.3) is 0 Å². The summed E-state index contributed by atoms with van der Waals surface area (Å²) in [6.45, 7) is -0.737. The molecule has 0 aliphatic carbocycles. The molecule has 4 fully saturated rings. The van der Waals surface area contributed by atoms with E-state index in [2.05, 4.69) is 25.1 Å². The minimum absolute atomic E-state index is 0.0277. The second-order valence-corrected chi connectivity index (χ2v) is 13.5. The number of rotatable bonds is 5. The summed E-state index contributed by atoms with van der Waals surface area (Å²) in [7, 11) is 0. The first-order valence-electron chi connectivity index (χ1n) is 15.7. The molecule has 2 bridgehead atoms. The van der Waals surface area contributed by atoms with Crippen molar-refractivity contribution >= 4 is 45.3 Å². The molecule has 5 aliphatic heterocycles. The number of ether oxygens (including phenoxy) is 2. The van der Waals surface area contributed by atoms with Gasteiger partial charge in [-0.05, 0) is 38.3 Å². The van der Waals surface area contributed by atoms with E-state index in [-0.39, 0.29) is 75.8 Å². The van der Waals surface area contributed by atoms with Crippen LogP contribution in [0, 0.1) is 5.82 Å². The Morgan fingerprint density at radius 2 is 2.04 bits per heavy atom. The molecule has 9 rings (SSSR count). The monoisotopic (exact) mass is 658 g/mol. The molecule has 46 heavy (non-hydrogen) atoms. The SMILES string of the molecule is Nc1nc2c(-c3c(Cl)c4c5c(nc(OC[C@@]67CCCN6C[C@H](F)C7)nc5c3F)N3CC5CCC(N5)C3CO4)cccc2n1C(F)F. The number of imidazole rings is 1. The number of nitrogens with two attached hydrogens (primary N) is 1. The quantitative estimate of drug-likeness (QED) is 0.284. The molecule has 10 nitrogen and oxygen atoms in total. The van der Waals surface area contributed by atoms with Gasteiger partial charge in [-0.2, -0.15) is 18.7 Å². The van der Waals surface area contributed by atoms with Gasteiger partial charge in [0.2, 0.25) is 5.95 Å². The fraction of sp³-hybridized carbons (Fsp3) is 0.516. The zero-order chi connectivity index (χ0) is 31.5. The number of hydrogen-bond acceptors (Lipinski definition) is 9. The van der Waals surface area contributed by atoms with Crippen LogP contribution in [-0.4, -0.2) is 87.1 Å². The lowest BCUT2D eigenvalue weighted by Gasteiger charge is -2.40. The number of para-hydroxylation sites is 1. The first-order valence-corrected chi connectivity index (χ1v) is 16.1. The summed E-state index contributed by atoms with van der Waals surface area (Å²) in [5, 5.41) is 3.93. The van der Waals surface area contributed by atoms with Gasteiger partial charge in [-0.15, -0.1) is 0 Å². The number of aromatic nitrogens is 4. The molecule has 0 saturated carbocycles. The number of piperazine rings is 1. The van der Waals surface area contributed by atoms with Crippen molar-refractivity contribution < 1.29 is 27.0 Å². The highest BCUT2D eigenvalue weighted by molar-refractivity contribution is 6.37.